The van der Waals surface area contributed by atoms with E-state index in [0.29, 0.717) is 30.0 Å². The quantitative estimate of drug-likeness (QED) is 0.825. The molecule has 1 N–H and O–H groups in total. The Bertz CT molecular complexity index is 447. The fourth-order valence-corrected chi connectivity index (χ4v) is 2.09. The summed E-state index contributed by atoms with van der Waals surface area (Å²) >= 11 is 0. The normalized spacial score (nSPS) is 19.6. The highest BCUT2D eigenvalue weighted by atomic mass is 16.5. The second-order valence-corrected chi connectivity index (χ2v) is 4.27. The van der Waals surface area contributed by atoms with Gasteiger partial charge < -0.3 is 14.5 Å². The van der Waals surface area contributed by atoms with Crippen LogP contribution in [0.25, 0.3) is 0 Å². The van der Waals surface area contributed by atoms with E-state index in [9.17, 15) is 9.59 Å². The predicted molar refractivity (Wildman–Crippen MR) is 57.6 cm³/mol. The molecule has 1 aromatic rings. The van der Waals surface area contributed by atoms with Crippen molar-refractivity contribution in [3.63, 3.8) is 0 Å². The molecule has 1 atom stereocenters. The van der Waals surface area contributed by atoms with Crippen LogP contribution in [0.15, 0.2) is 4.52 Å². The number of aliphatic carboxylic acids is 1. The average Bonchev–Trinajstić information content (AvgIpc) is 2.85. The summed E-state index contributed by atoms with van der Waals surface area (Å²) in [7, 11) is 0. The Morgan fingerprint density at radius 1 is 1.47 bits per heavy atom. The highest BCUT2D eigenvalue weighted by molar-refractivity contribution is 5.96. The molecule has 1 aliphatic rings. The minimum absolute atomic E-state index is 0.190. The molecular formula is C11H14N2O4. The second-order valence-electron chi connectivity index (χ2n) is 4.27. The molecule has 1 fully saturated rings. The van der Waals surface area contributed by atoms with Crippen molar-refractivity contribution in [2.45, 2.75) is 20.3 Å². The number of carboxylic acids is 1. The van der Waals surface area contributed by atoms with Gasteiger partial charge in [-0.15, -0.1) is 0 Å². The van der Waals surface area contributed by atoms with Gasteiger partial charge in [0.25, 0.3) is 5.91 Å². The number of carboxylic acid groups (broad SMARTS) is 1. The van der Waals surface area contributed by atoms with Crippen LogP contribution >= 0.6 is 0 Å². The number of carbonyl (C=O) groups excluding carboxylic acids is 1. The van der Waals surface area contributed by atoms with Gasteiger partial charge in [-0.2, -0.15) is 0 Å². The lowest BCUT2D eigenvalue weighted by Gasteiger charge is -2.15. The van der Waals surface area contributed by atoms with Crippen LogP contribution < -0.4 is 0 Å². The molecule has 92 valence electrons. The minimum atomic E-state index is -0.848. The Labute approximate surface area is 98.2 Å². The number of carbonyl (C=O) groups is 2. The average molecular weight is 238 g/mol. The van der Waals surface area contributed by atoms with Crippen molar-refractivity contribution >= 4 is 11.9 Å². The first kappa shape index (κ1) is 11.6. The zero-order chi connectivity index (χ0) is 12.6. The fraction of sp³-hybridized carbons (Fsp3) is 0.545. The lowest BCUT2D eigenvalue weighted by molar-refractivity contribution is -0.141. The summed E-state index contributed by atoms with van der Waals surface area (Å²) in [4.78, 5) is 24.5. The molecule has 0 spiro atoms. The number of hydrogen-bond donors (Lipinski definition) is 1. The van der Waals surface area contributed by atoms with E-state index >= 15 is 0 Å². The minimum Gasteiger partial charge on any atom is -0.481 e. The van der Waals surface area contributed by atoms with E-state index in [-0.39, 0.29) is 12.5 Å². The molecule has 1 amide bonds. The topological polar surface area (TPSA) is 83.6 Å². The van der Waals surface area contributed by atoms with Crippen LogP contribution in [0.2, 0.25) is 0 Å². The molecule has 1 aliphatic heterocycles. The number of likely N-dealkylation sites (tertiary alicyclic amines) is 1. The fourth-order valence-electron chi connectivity index (χ4n) is 2.09. The van der Waals surface area contributed by atoms with E-state index in [1.54, 1.807) is 18.7 Å². The van der Waals surface area contributed by atoms with Crippen LogP contribution in [0.3, 0.4) is 0 Å². The Morgan fingerprint density at radius 3 is 2.65 bits per heavy atom. The van der Waals surface area contributed by atoms with Crippen LogP contribution in [0.5, 0.6) is 0 Å². The SMILES string of the molecule is Cc1noc(C)c1C(=O)N1CCC(C(=O)O)C1. The van der Waals surface area contributed by atoms with Gasteiger partial charge in [0.05, 0.1) is 11.6 Å². The van der Waals surface area contributed by atoms with Crippen LogP contribution in [0.1, 0.15) is 28.2 Å². The number of aryl methyl sites for hydroxylation is 2. The summed E-state index contributed by atoms with van der Waals surface area (Å²) in [6.45, 7) is 4.12. The summed E-state index contributed by atoms with van der Waals surface area (Å²) in [5.41, 5.74) is 1.00. The molecule has 2 heterocycles. The van der Waals surface area contributed by atoms with E-state index in [0.717, 1.165) is 0 Å². The van der Waals surface area contributed by atoms with Gasteiger partial charge in [-0.25, -0.2) is 0 Å². The van der Waals surface area contributed by atoms with Crippen molar-refractivity contribution < 1.29 is 19.2 Å². The smallest absolute Gasteiger partial charge is 0.308 e. The van der Waals surface area contributed by atoms with Crippen molar-refractivity contribution in [3.8, 4) is 0 Å². The highest BCUT2D eigenvalue weighted by Crippen LogP contribution is 2.21. The van der Waals surface area contributed by atoms with Gasteiger partial charge in [-0.05, 0) is 20.3 Å². The van der Waals surface area contributed by atoms with E-state index < -0.39 is 11.9 Å². The Balaban J connectivity index is 2.15. The molecule has 0 aliphatic carbocycles. The lowest BCUT2D eigenvalue weighted by Crippen LogP contribution is -2.30. The van der Waals surface area contributed by atoms with Crippen LogP contribution in [-0.4, -0.2) is 40.1 Å². The number of aromatic nitrogens is 1. The molecule has 6 nitrogen and oxygen atoms in total. The summed E-state index contributed by atoms with van der Waals surface area (Å²) in [6.07, 6.45) is 0.504. The van der Waals surface area contributed by atoms with Crippen molar-refractivity contribution in [1.29, 1.82) is 0 Å². The molecule has 1 aromatic heterocycles. The third-order valence-electron chi connectivity index (χ3n) is 3.07. The second kappa shape index (κ2) is 4.20. The van der Waals surface area contributed by atoms with Gasteiger partial charge in [0, 0.05) is 13.1 Å². The Kier molecular flexibility index (Phi) is 2.87. The van der Waals surface area contributed by atoms with Gasteiger partial charge in [0.2, 0.25) is 0 Å². The van der Waals surface area contributed by atoms with E-state index in [2.05, 4.69) is 5.16 Å². The summed E-state index contributed by atoms with van der Waals surface area (Å²) < 4.78 is 4.94. The summed E-state index contributed by atoms with van der Waals surface area (Å²) in [5.74, 6) is -1.02. The molecule has 0 aromatic carbocycles. The third-order valence-corrected chi connectivity index (χ3v) is 3.07. The first-order chi connectivity index (χ1) is 8.00. The molecule has 0 radical (unpaired) electrons. The van der Waals surface area contributed by atoms with Crippen LogP contribution in [0.4, 0.5) is 0 Å². The van der Waals surface area contributed by atoms with E-state index in [1.165, 1.54) is 0 Å². The number of amides is 1. The van der Waals surface area contributed by atoms with Crippen LogP contribution in [-0.2, 0) is 4.79 Å². The van der Waals surface area contributed by atoms with Crippen molar-refractivity contribution in [2.75, 3.05) is 13.1 Å². The number of rotatable bonds is 2. The first-order valence-electron chi connectivity index (χ1n) is 5.45. The molecule has 0 bridgehead atoms. The van der Waals surface area contributed by atoms with Crippen molar-refractivity contribution in [3.05, 3.63) is 17.0 Å². The van der Waals surface area contributed by atoms with Gasteiger partial charge in [0.15, 0.2) is 0 Å². The van der Waals surface area contributed by atoms with Gasteiger partial charge >= 0.3 is 5.97 Å². The van der Waals surface area contributed by atoms with E-state index in [4.69, 9.17) is 9.63 Å². The maximum atomic E-state index is 12.2. The van der Waals surface area contributed by atoms with E-state index in [1.807, 2.05) is 0 Å². The maximum absolute atomic E-state index is 12.2. The summed E-state index contributed by atoms with van der Waals surface area (Å²) in [5, 5.41) is 12.6. The molecule has 1 saturated heterocycles. The molecular weight excluding hydrogens is 224 g/mol. The molecule has 1 unspecified atom stereocenters. The Hall–Kier alpha value is -1.85. The molecule has 6 heteroatoms. The lowest BCUT2D eigenvalue weighted by atomic mass is 10.1. The van der Waals surface area contributed by atoms with Crippen LogP contribution in [0, 0.1) is 19.8 Å². The number of nitrogens with zero attached hydrogens (tertiary/aromatic N) is 2. The maximum Gasteiger partial charge on any atom is 0.308 e. The predicted octanol–water partition coefficient (Wildman–Crippen LogP) is 0.838. The third kappa shape index (κ3) is 2.02. The largest absolute Gasteiger partial charge is 0.481 e. The van der Waals surface area contributed by atoms with Gasteiger partial charge in [0.1, 0.15) is 11.3 Å². The monoisotopic (exact) mass is 238 g/mol. The highest BCUT2D eigenvalue weighted by Gasteiger charge is 2.33. The Morgan fingerprint density at radius 2 is 2.18 bits per heavy atom. The van der Waals surface area contributed by atoms with Gasteiger partial charge in [-0.1, -0.05) is 5.16 Å². The first-order valence-corrected chi connectivity index (χ1v) is 5.45. The molecule has 2 rings (SSSR count). The standard InChI is InChI=1S/C11H14N2O4/c1-6-9(7(2)17-12-6)10(14)13-4-3-8(5-13)11(15)16/h8H,3-5H2,1-2H3,(H,15,16). The van der Waals surface area contributed by atoms with Crippen molar-refractivity contribution in [2.24, 2.45) is 5.92 Å². The van der Waals surface area contributed by atoms with Gasteiger partial charge in [-0.3, -0.25) is 9.59 Å². The zero-order valence-electron chi connectivity index (χ0n) is 9.77. The van der Waals surface area contributed by atoms with Crippen molar-refractivity contribution in [1.82, 2.24) is 10.1 Å². The zero-order valence-corrected chi connectivity index (χ0v) is 9.77. The number of hydrogen-bond acceptors (Lipinski definition) is 4. The molecule has 0 saturated carbocycles. The summed E-state index contributed by atoms with van der Waals surface area (Å²) in [6, 6.07) is 0. The molecule has 17 heavy (non-hydrogen) atoms.